The van der Waals surface area contributed by atoms with Gasteiger partial charge in [-0.3, -0.25) is 4.79 Å². The van der Waals surface area contributed by atoms with Crippen LogP contribution < -0.4 is 16.0 Å². The molecule has 0 unspecified atom stereocenters. The number of rotatable bonds is 5. The van der Waals surface area contributed by atoms with Crippen LogP contribution in [0, 0.1) is 5.82 Å². The second-order valence-corrected chi connectivity index (χ2v) is 9.09. The molecule has 7 nitrogen and oxygen atoms in total. The van der Waals surface area contributed by atoms with Crippen molar-refractivity contribution in [3.8, 4) is 11.3 Å². The van der Waals surface area contributed by atoms with Crippen LogP contribution >= 0.6 is 0 Å². The summed E-state index contributed by atoms with van der Waals surface area (Å²) >= 11 is 0. The lowest BCUT2D eigenvalue weighted by Crippen LogP contribution is -2.28. The van der Waals surface area contributed by atoms with Crippen LogP contribution in [0.1, 0.15) is 36.2 Å². The molecule has 4 aromatic rings. The molecule has 176 valence electrons. The highest BCUT2D eigenvalue weighted by Crippen LogP contribution is 2.38. The SMILES string of the molecule is CC1(C)CCNc2cc(NC(=O)c3ccc(F)c(Nc4ncccc4-c4ccncn4)c3)ccc21. The minimum Gasteiger partial charge on any atom is -0.385 e. The molecular weight excluding hydrogens is 443 g/mol. The number of hydrogen-bond acceptors (Lipinski definition) is 6. The van der Waals surface area contributed by atoms with Gasteiger partial charge in [0.25, 0.3) is 5.91 Å². The molecule has 0 bridgehead atoms. The summed E-state index contributed by atoms with van der Waals surface area (Å²) in [5, 5.41) is 9.34. The van der Waals surface area contributed by atoms with Crippen LogP contribution in [0.4, 0.5) is 27.3 Å². The minimum absolute atomic E-state index is 0.0801. The molecule has 3 N–H and O–H groups in total. The molecule has 35 heavy (non-hydrogen) atoms. The van der Waals surface area contributed by atoms with Crippen LogP contribution in [0.2, 0.25) is 0 Å². The minimum atomic E-state index is -0.499. The van der Waals surface area contributed by atoms with Crippen molar-refractivity contribution < 1.29 is 9.18 Å². The number of fused-ring (bicyclic) bond motifs is 1. The molecule has 2 aromatic heterocycles. The number of nitrogens with zero attached hydrogens (tertiary/aromatic N) is 3. The van der Waals surface area contributed by atoms with Gasteiger partial charge in [-0.05, 0) is 65.9 Å². The first kappa shape index (κ1) is 22.5. The van der Waals surface area contributed by atoms with Crippen LogP contribution in [-0.2, 0) is 5.41 Å². The van der Waals surface area contributed by atoms with Crippen molar-refractivity contribution in [3.63, 3.8) is 0 Å². The number of anilines is 4. The topological polar surface area (TPSA) is 91.8 Å². The Hall–Kier alpha value is -4.33. The summed E-state index contributed by atoms with van der Waals surface area (Å²) in [6.07, 6.45) is 5.72. The summed E-state index contributed by atoms with van der Waals surface area (Å²) in [6, 6.07) is 15.4. The zero-order valence-electron chi connectivity index (χ0n) is 19.5. The van der Waals surface area contributed by atoms with Gasteiger partial charge in [0.05, 0.1) is 11.4 Å². The summed E-state index contributed by atoms with van der Waals surface area (Å²) in [7, 11) is 0. The number of halogens is 1. The number of carbonyl (C=O) groups excluding carboxylic acids is 1. The predicted octanol–water partition coefficient (Wildman–Crippen LogP) is 5.77. The summed E-state index contributed by atoms with van der Waals surface area (Å²) < 4.78 is 14.7. The number of nitrogens with one attached hydrogen (secondary N) is 3. The molecule has 3 heterocycles. The Labute approximate surface area is 202 Å². The van der Waals surface area contributed by atoms with Gasteiger partial charge in [-0.15, -0.1) is 0 Å². The fourth-order valence-corrected chi connectivity index (χ4v) is 4.26. The molecule has 0 saturated carbocycles. The van der Waals surface area contributed by atoms with Gasteiger partial charge in [0, 0.05) is 41.4 Å². The predicted molar refractivity (Wildman–Crippen MR) is 135 cm³/mol. The van der Waals surface area contributed by atoms with Crippen molar-refractivity contribution >= 4 is 28.8 Å². The first-order valence-electron chi connectivity index (χ1n) is 11.4. The van der Waals surface area contributed by atoms with Crippen molar-refractivity contribution in [3.05, 3.63) is 90.3 Å². The molecule has 0 aliphatic carbocycles. The van der Waals surface area contributed by atoms with E-state index in [4.69, 9.17) is 0 Å². The van der Waals surface area contributed by atoms with Gasteiger partial charge in [-0.1, -0.05) is 19.9 Å². The molecule has 1 amide bonds. The number of hydrogen-bond donors (Lipinski definition) is 3. The van der Waals surface area contributed by atoms with Gasteiger partial charge in [-0.2, -0.15) is 0 Å². The van der Waals surface area contributed by atoms with Crippen LogP contribution in [0.5, 0.6) is 0 Å². The Morgan fingerprint density at radius 3 is 2.77 bits per heavy atom. The summed E-state index contributed by atoms with van der Waals surface area (Å²) in [5.41, 5.74) is 4.80. The molecule has 0 saturated heterocycles. The van der Waals surface area contributed by atoms with E-state index in [0.29, 0.717) is 28.3 Å². The average molecular weight is 469 g/mol. The zero-order chi connectivity index (χ0) is 24.4. The Kier molecular flexibility index (Phi) is 5.86. The van der Waals surface area contributed by atoms with Crippen molar-refractivity contribution in [1.29, 1.82) is 0 Å². The van der Waals surface area contributed by atoms with Gasteiger partial charge in [-0.25, -0.2) is 19.3 Å². The highest BCUT2D eigenvalue weighted by atomic mass is 19.1. The van der Waals surface area contributed by atoms with Crippen molar-refractivity contribution in [2.45, 2.75) is 25.7 Å². The Morgan fingerprint density at radius 1 is 1.06 bits per heavy atom. The van der Waals surface area contributed by atoms with Crippen LogP contribution in [0.3, 0.4) is 0 Å². The molecule has 0 atom stereocenters. The van der Waals surface area contributed by atoms with Gasteiger partial charge >= 0.3 is 0 Å². The fourth-order valence-electron chi connectivity index (χ4n) is 4.26. The molecule has 8 heteroatoms. The second kappa shape index (κ2) is 9.13. The Bertz CT molecular complexity index is 1390. The van der Waals surface area contributed by atoms with E-state index in [1.807, 2.05) is 24.3 Å². The number of amides is 1. The third-order valence-electron chi connectivity index (χ3n) is 6.22. The molecular formula is C27H25FN6O. The maximum atomic E-state index is 14.7. The average Bonchev–Trinajstić information content (AvgIpc) is 2.86. The van der Waals surface area contributed by atoms with E-state index in [1.54, 1.807) is 24.5 Å². The van der Waals surface area contributed by atoms with Gasteiger partial charge in [0.15, 0.2) is 0 Å². The van der Waals surface area contributed by atoms with E-state index in [-0.39, 0.29) is 17.0 Å². The summed E-state index contributed by atoms with van der Waals surface area (Å²) in [4.78, 5) is 25.5. The molecule has 2 aromatic carbocycles. The zero-order valence-corrected chi connectivity index (χ0v) is 19.5. The maximum Gasteiger partial charge on any atom is 0.255 e. The van der Waals surface area contributed by atoms with Crippen molar-refractivity contribution in [1.82, 2.24) is 15.0 Å². The number of carbonyl (C=O) groups is 1. The van der Waals surface area contributed by atoms with E-state index in [2.05, 4.69) is 44.7 Å². The maximum absolute atomic E-state index is 14.7. The first-order valence-corrected chi connectivity index (χ1v) is 11.4. The summed E-state index contributed by atoms with van der Waals surface area (Å²) in [5.74, 6) is -0.410. The van der Waals surface area contributed by atoms with Crippen LogP contribution in [0.15, 0.2) is 73.3 Å². The number of benzene rings is 2. The second-order valence-electron chi connectivity index (χ2n) is 9.09. The number of pyridine rings is 1. The molecule has 5 rings (SSSR count). The number of aromatic nitrogens is 3. The van der Waals surface area contributed by atoms with E-state index in [9.17, 15) is 9.18 Å². The first-order chi connectivity index (χ1) is 16.9. The van der Waals surface area contributed by atoms with Crippen molar-refractivity contribution in [2.24, 2.45) is 0 Å². The lowest BCUT2D eigenvalue weighted by atomic mass is 9.78. The third kappa shape index (κ3) is 4.68. The van der Waals surface area contributed by atoms with Gasteiger partial charge in [0.2, 0.25) is 0 Å². The van der Waals surface area contributed by atoms with Crippen LogP contribution in [0.25, 0.3) is 11.3 Å². The summed E-state index contributed by atoms with van der Waals surface area (Å²) in [6.45, 7) is 5.32. The molecule has 0 spiro atoms. The Morgan fingerprint density at radius 2 is 1.94 bits per heavy atom. The van der Waals surface area contributed by atoms with Crippen LogP contribution in [-0.4, -0.2) is 27.4 Å². The normalized spacial score (nSPS) is 13.9. The monoisotopic (exact) mass is 468 g/mol. The third-order valence-corrected chi connectivity index (χ3v) is 6.22. The standard InChI is InChI=1S/C27H25FN6O/c1-27(2)10-13-30-23-15-18(6-7-20(23)27)33-26(35)17-5-8-21(28)24(14-17)34-25-19(4-3-11-31-25)22-9-12-29-16-32-22/h3-9,11-12,14-16,30H,10,13H2,1-2H3,(H,31,34)(H,33,35). The molecule has 1 aliphatic heterocycles. The van der Waals surface area contributed by atoms with E-state index in [0.717, 1.165) is 18.7 Å². The molecule has 0 fully saturated rings. The lowest BCUT2D eigenvalue weighted by Gasteiger charge is -2.33. The fraction of sp³-hybridized carbons (Fsp3) is 0.185. The Balaban J connectivity index is 1.38. The van der Waals surface area contributed by atoms with E-state index >= 15 is 0 Å². The largest absolute Gasteiger partial charge is 0.385 e. The van der Waals surface area contributed by atoms with E-state index < -0.39 is 5.82 Å². The smallest absolute Gasteiger partial charge is 0.255 e. The van der Waals surface area contributed by atoms with E-state index in [1.165, 1.54) is 30.1 Å². The lowest BCUT2D eigenvalue weighted by molar-refractivity contribution is 0.102. The van der Waals surface area contributed by atoms with Gasteiger partial charge < -0.3 is 16.0 Å². The molecule has 0 radical (unpaired) electrons. The van der Waals surface area contributed by atoms with Crippen molar-refractivity contribution in [2.75, 3.05) is 22.5 Å². The highest BCUT2D eigenvalue weighted by molar-refractivity contribution is 6.05. The van der Waals surface area contributed by atoms with Gasteiger partial charge in [0.1, 0.15) is 18.0 Å². The quantitative estimate of drug-likeness (QED) is 0.345. The molecule has 1 aliphatic rings. The highest BCUT2D eigenvalue weighted by Gasteiger charge is 2.27.